The molecule has 0 fully saturated rings. The molecule has 0 saturated heterocycles. The molecule has 0 spiro atoms. The van der Waals surface area contributed by atoms with Gasteiger partial charge in [-0.05, 0) is 20.8 Å². The minimum atomic E-state index is -0.178. The number of carbonyl (C=O) groups excluding carboxylic acids is 1. The first kappa shape index (κ1) is 23.4. The maximum atomic E-state index is 12.1. The van der Waals surface area contributed by atoms with Crippen molar-refractivity contribution in [3.63, 3.8) is 0 Å². The number of nitrogens with one attached hydrogen (secondary N) is 2. The van der Waals surface area contributed by atoms with Crippen LogP contribution in [0.3, 0.4) is 0 Å². The molecule has 22 heavy (non-hydrogen) atoms. The predicted octanol–water partition coefficient (Wildman–Crippen LogP) is 1.34. The van der Waals surface area contributed by atoms with E-state index in [1.54, 1.807) is 7.11 Å². The Morgan fingerprint density at radius 1 is 1.27 bits per heavy atom. The molecular weight excluding hydrogens is 327 g/mol. The Bertz CT molecular complexity index is 452. The molecule has 1 rings (SSSR count). The maximum absolute atomic E-state index is 12.1. The number of rotatable bonds is 8. The number of hydrogen-bond acceptors (Lipinski definition) is 4. The van der Waals surface area contributed by atoms with E-state index in [4.69, 9.17) is 4.74 Å². The molecule has 8 heteroatoms. The van der Waals surface area contributed by atoms with Crippen molar-refractivity contribution in [2.75, 3.05) is 33.4 Å². The largest absolute Gasteiger partial charge is 0.383 e. The molecule has 0 radical (unpaired) electrons. The Morgan fingerprint density at radius 2 is 1.91 bits per heavy atom. The molecule has 6 nitrogen and oxygen atoms in total. The minimum absolute atomic E-state index is 0. The van der Waals surface area contributed by atoms with Crippen molar-refractivity contribution in [2.45, 2.75) is 26.7 Å². The van der Waals surface area contributed by atoms with Gasteiger partial charge in [0.15, 0.2) is 0 Å². The van der Waals surface area contributed by atoms with Gasteiger partial charge in [0.2, 0.25) is 5.91 Å². The Labute approximate surface area is 145 Å². The lowest BCUT2D eigenvalue weighted by Crippen LogP contribution is -2.35. The molecule has 0 aromatic carbocycles. The summed E-state index contributed by atoms with van der Waals surface area (Å²) >= 11 is 0. The molecule has 0 aliphatic heterocycles. The van der Waals surface area contributed by atoms with Gasteiger partial charge < -0.3 is 15.4 Å². The van der Waals surface area contributed by atoms with Crippen LogP contribution in [0.4, 0.5) is 0 Å². The number of carbonyl (C=O) groups is 1. The standard InChI is InChI=1S/C14H26N4O2.2ClH/c1-10(13-11(2)17-18(4)12(13)3)14(19)16-7-6-15-8-9-20-5;;/h10,15H,6-9H2,1-5H3,(H,16,19);2*1H. The normalized spacial score (nSPS) is 11.3. The molecule has 1 heterocycles. The van der Waals surface area contributed by atoms with Crippen LogP contribution >= 0.6 is 24.8 Å². The topological polar surface area (TPSA) is 68.2 Å². The summed E-state index contributed by atoms with van der Waals surface area (Å²) in [6.07, 6.45) is 0. The molecule has 0 aliphatic carbocycles. The summed E-state index contributed by atoms with van der Waals surface area (Å²) in [5.74, 6) is -0.139. The fraction of sp³-hybridized carbons (Fsp3) is 0.714. The van der Waals surface area contributed by atoms with Gasteiger partial charge in [0.1, 0.15) is 0 Å². The lowest BCUT2D eigenvalue weighted by atomic mass is 9.98. The summed E-state index contributed by atoms with van der Waals surface area (Å²) in [5.41, 5.74) is 2.99. The van der Waals surface area contributed by atoms with E-state index < -0.39 is 0 Å². The van der Waals surface area contributed by atoms with Gasteiger partial charge in [-0.3, -0.25) is 9.48 Å². The second kappa shape index (κ2) is 11.7. The van der Waals surface area contributed by atoms with Gasteiger partial charge in [-0.15, -0.1) is 24.8 Å². The summed E-state index contributed by atoms with van der Waals surface area (Å²) in [7, 11) is 3.57. The smallest absolute Gasteiger partial charge is 0.227 e. The number of methoxy groups -OCH3 is 1. The lowest BCUT2D eigenvalue weighted by Gasteiger charge is -2.13. The Hall–Kier alpha value is -0.820. The number of amides is 1. The van der Waals surface area contributed by atoms with E-state index in [0.29, 0.717) is 13.2 Å². The molecule has 1 aromatic heterocycles. The summed E-state index contributed by atoms with van der Waals surface area (Å²) in [5, 5.41) is 10.5. The van der Waals surface area contributed by atoms with E-state index in [0.717, 1.165) is 30.0 Å². The first-order valence-electron chi connectivity index (χ1n) is 6.96. The maximum Gasteiger partial charge on any atom is 0.227 e. The average Bonchev–Trinajstić information content (AvgIpc) is 2.66. The number of halogens is 2. The predicted molar refractivity (Wildman–Crippen MR) is 93.3 cm³/mol. The molecule has 1 atom stereocenters. The van der Waals surface area contributed by atoms with Crippen LogP contribution in [0.25, 0.3) is 0 Å². The average molecular weight is 355 g/mol. The second-order valence-corrected chi connectivity index (χ2v) is 4.96. The Morgan fingerprint density at radius 3 is 2.41 bits per heavy atom. The highest BCUT2D eigenvalue weighted by Crippen LogP contribution is 2.22. The molecule has 1 aromatic rings. The van der Waals surface area contributed by atoms with Gasteiger partial charge in [0, 0.05) is 45.0 Å². The van der Waals surface area contributed by atoms with Crippen molar-refractivity contribution in [1.82, 2.24) is 20.4 Å². The van der Waals surface area contributed by atoms with Gasteiger partial charge in [-0.1, -0.05) is 0 Å². The van der Waals surface area contributed by atoms with Crippen LogP contribution in [0, 0.1) is 13.8 Å². The number of nitrogens with zero attached hydrogens (tertiary/aromatic N) is 2. The molecule has 1 amide bonds. The van der Waals surface area contributed by atoms with E-state index in [-0.39, 0.29) is 36.6 Å². The van der Waals surface area contributed by atoms with Gasteiger partial charge in [-0.2, -0.15) is 5.10 Å². The van der Waals surface area contributed by atoms with Crippen LogP contribution in [0.1, 0.15) is 29.8 Å². The molecule has 130 valence electrons. The fourth-order valence-corrected chi connectivity index (χ4v) is 2.27. The minimum Gasteiger partial charge on any atom is -0.383 e. The zero-order valence-electron chi connectivity index (χ0n) is 13.9. The number of ether oxygens (including phenoxy) is 1. The number of hydrogen-bond donors (Lipinski definition) is 2. The van der Waals surface area contributed by atoms with E-state index in [1.807, 2.05) is 32.5 Å². The van der Waals surface area contributed by atoms with Crippen molar-refractivity contribution in [1.29, 1.82) is 0 Å². The van der Waals surface area contributed by atoms with Crippen LogP contribution in [0.15, 0.2) is 0 Å². The first-order chi connectivity index (χ1) is 9.49. The van der Waals surface area contributed by atoms with Crippen LogP contribution in [-0.4, -0.2) is 49.0 Å². The molecule has 0 aliphatic rings. The van der Waals surface area contributed by atoms with Crippen LogP contribution in [0.2, 0.25) is 0 Å². The van der Waals surface area contributed by atoms with E-state index in [9.17, 15) is 4.79 Å². The van der Waals surface area contributed by atoms with E-state index in [1.165, 1.54) is 0 Å². The highest BCUT2D eigenvalue weighted by molar-refractivity contribution is 5.85. The number of aromatic nitrogens is 2. The first-order valence-corrected chi connectivity index (χ1v) is 6.96. The lowest BCUT2D eigenvalue weighted by molar-refractivity contribution is -0.122. The summed E-state index contributed by atoms with van der Waals surface area (Å²) in [6.45, 7) is 8.69. The van der Waals surface area contributed by atoms with Gasteiger partial charge in [0.05, 0.1) is 18.2 Å². The molecule has 0 bridgehead atoms. The zero-order valence-corrected chi connectivity index (χ0v) is 15.6. The van der Waals surface area contributed by atoms with Crippen molar-refractivity contribution >= 4 is 30.7 Å². The van der Waals surface area contributed by atoms with Gasteiger partial charge >= 0.3 is 0 Å². The quantitative estimate of drug-likeness (QED) is 0.691. The molecule has 0 saturated carbocycles. The summed E-state index contributed by atoms with van der Waals surface area (Å²) in [6, 6.07) is 0. The SMILES string of the molecule is COCCNCCNC(=O)C(C)c1c(C)nn(C)c1C.Cl.Cl. The van der Waals surface area contributed by atoms with Crippen LogP contribution in [0.5, 0.6) is 0 Å². The highest BCUT2D eigenvalue weighted by atomic mass is 35.5. The second-order valence-electron chi connectivity index (χ2n) is 4.96. The fourth-order valence-electron chi connectivity index (χ4n) is 2.27. The van der Waals surface area contributed by atoms with Crippen molar-refractivity contribution in [3.05, 3.63) is 17.0 Å². The van der Waals surface area contributed by atoms with Gasteiger partial charge in [-0.25, -0.2) is 0 Å². The molecular formula is C14H28Cl2N4O2. The van der Waals surface area contributed by atoms with Crippen LogP contribution < -0.4 is 10.6 Å². The van der Waals surface area contributed by atoms with Crippen molar-refractivity contribution < 1.29 is 9.53 Å². The molecule has 2 N–H and O–H groups in total. The van der Waals surface area contributed by atoms with Crippen LogP contribution in [-0.2, 0) is 16.6 Å². The summed E-state index contributed by atoms with van der Waals surface area (Å²) in [4.78, 5) is 12.1. The third-order valence-electron chi connectivity index (χ3n) is 3.48. The zero-order chi connectivity index (χ0) is 15.1. The third kappa shape index (κ3) is 6.52. The summed E-state index contributed by atoms with van der Waals surface area (Å²) < 4.78 is 6.76. The third-order valence-corrected chi connectivity index (χ3v) is 3.48. The van der Waals surface area contributed by atoms with Gasteiger partial charge in [0.25, 0.3) is 0 Å². The van der Waals surface area contributed by atoms with Crippen molar-refractivity contribution in [3.8, 4) is 0 Å². The Kier molecular flexibility index (Phi) is 12.5. The molecule has 1 unspecified atom stereocenters. The van der Waals surface area contributed by atoms with Crippen molar-refractivity contribution in [2.24, 2.45) is 7.05 Å². The number of aryl methyl sites for hydroxylation is 2. The monoisotopic (exact) mass is 354 g/mol. The van der Waals surface area contributed by atoms with E-state index >= 15 is 0 Å². The Balaban J connectivity index is 0. The highest BCUT2D eigenvalue weighted by Gasteiger charge is 2.21. The van der Waals surface area contributed by atoms with E-state index in [2.05, 4.69) is 15.7 Å².